The Morgan fingerprint density at radius 1 is 1.63 bits per heavy atom. The molecule has 10 nitrogen and oxygen atoms in total. The first-order valence-corrected chi connectivity index (χ1v) is 5.63. The van der Waals surface area contributed by atoms with Gasteiger partial charge < -0.3 is 16.4 Å². The molecule has 110 valence electrons. The van der Waals surface area contributed by atoms with Crippen molar-refractivity contribution in [1.82, 2.24) is 15.7 Å². The van der Waals surface area contributed by atoms with Gasteiger partial charge in [0.25, 0.3) is 11.9 Å². The van der Waals surface area contributed by atoms with Gasteiger partial charge in [0, 0.05) is 13.6 Å². The zero-order chi connectivity index (χ0) is 14.8. The predicted molar refractivity (Wildman–Crippen MR) is 68.5 cm³/mol. The van der Waals surface area contributed by atoms with Crippen LogP contribution in [-0.4, -0.2) is 55.8 Å². The average Bonchev–Trinajstić information content (AvgIpc) is 2.36. The van der Waals surface area contributed by atoms with Gasteiger partial charge in [-0.2, -0.15) is 0 Å². The molecule has 0 bridgehead atoms. The molecule has 0 aromatic rings. The van der Waals surface area contributed by atoms with E-state index in [4.69, 9.17) is 10.6 Å². The number of amides is 1. The third-order valence-corrected chi connectivity index (χ3v) is 2.40. The second-order valence-corrected chi connectivity index (χ2v) is 3.65. The maximum Gasteiger partial charge on any atom is 0.266 e. The summed E-state index contributed by atoms with van der Waals surface area (Å²) in [5, 5.41) is 18.6. The van der Waals surface area contributed by atoms with Crippen molar-refractivity contribution in [3.05, 3.63) is 10.1 Å². The van der Waals surface area contributed by atoms with Crippen LogP contribution in [0.3, 0.4) is 0 Å². The molecule has 0 spiro atoms. The highest BCUT2D eigenvalue weighted by atomic mass is 16.7. The van der Waals surface area contributed by atoms with Crippen molar-refractivity contribution < 1.29 is 14.7 Å². The Labute approximate surface area is 111 Å². The monoisotopic (exact) mass is 276 g/mol. The number of hydrogen-bond acceptors (Lipinski definition) is 5. The first-order chi connectivity index (χ1) is 8.92. The molecule has 0 rings (SSSR count). The van der Waals surface area contributed by atoms with Gasteiger partial charge >= 0.3 is 0 Å². The molecule has 0 aromatic carbocycles. The molecule has 0 unspecified atom stereocenters. The zero-order valence-corrected chi connectivity index (χ0v) is 11.3. The lowest BCUT2D eigenvalue weighted by atomic mass is 10.1. The summed E-state index contributed by atoms with van der Waals surface area (Å²) in [6, 6.07) is -0.388. The Balaban J connectivity index is 4.04. The number of guanidine groups is 1. The van der Waals surface area contributed by atoms with Gasteiger partial charge in [0.2, 0.25) is 0 Å². The van der Waals surface area contributed by atoms with E-state index < -0.39 is 5.03 Å². The number of nitro groups is 1. The molecule has 0 aliphatic rings. The highest BCUT2D eigenvalue weighted by Crippen LogP contribution is 2.00. The number of carbonyl (C=O) groups excluding carboxylic acids is 1. The molecule has 0 heterocycles. The van der Waals surface area contributed by atoms with Crippen LogP contribution in [0.2, 0.25) is 0 Å². The van der Waals surface area contributed by atoms with Crippen LogP contribution < -0.4 is 16.4 Å². The second kappa shape index (κ2) is 9.05. The van der Waals surface area contributed by atoms with Gasteiger partial charge in [-0.25, -0.2) is 15.2 Å². The molecular formula is C9H20N6O4. The molecule has 0 saturated heterocycles. The minimum Gasteiger partial charge on any atom is -0.365 e. The van der Waals surface area contributed by atoms with Crippen LogP contribution in [0.5, 0.6) is 0 Å². The van der Waals surface area contributed by atoms with E-state index >= 15 is 0 Å². The minimum absolute atomic E-state index is 0.197. The van der Waals surface area contributed by atoms with Crippen LogP contribution in [0.1, 0.15) is 12.8 Å². The highest BCUT2D eigenvalue weighted by molar-refractivity contribution is 5.80. The van der Waals surface area contributed by atoms with E-state index in [-0.39, 0.29) is 17.9 Å². The molecule has 1 atom stereocenters. The van der Waals surface area contributed by atoms with Crippen molar-refractivity contribution in [2.24, 2.45) is 10.8 Å². The maximum atomic E-state index is 11.8. The number of carbonyl (C=O) groups is 1. The van der Waals surface area contributed by atoms with E-state index in [0.29, 0.717) is 19.4 Å². The quantitative estimate of drug-likeness (QED) is 0.161. The van der Waals surface area contributed by atoms with E-state index in [1.54, 1.807) is 7.05 Å². The first kappa shape index (κ1) is 17.1. The summed E-state index contributed by atoms with van der Waals surface area (Å²) in [6.07, 6.45) is 1.12. The van der Waals surface area contributed by atoms with Gasteiger partial charge in [-0.3, -0.25) is 9.63 Å². The molecule has 0 aromatic heterocycles. The SMILES string of the molecule is CN[C@@H](CCCN/C(N)=N\[N+](=O)[O-])C(=O)N(C)OC. The highest BCUT2D eigenvalue weighted by Gasteiger charge is 2.19. The third-order valence-electron chi connectivity index (χ3n) is 2.40. The summed E-state index contributed by atoms with van der Waals surface area (Å²) in [4.78, 5) is 26.6. The van der Waals surface area contributed by atoms with Crippen molar-refractivity contribution in [1.29, 1.82) is 0 Å². The van der Waals surface area contributed by atoms with E-state index in [1.165, 1.54) is 14.2 Å². The predicted octanol–water partition coefficient (Wildman–Crippen LogP) is -1.53. The zero-order valence-electron chi connectivity index (χ0n) is 11.3. The Morgan fingerprint density at radius 3 is 2.74 bits per heavy atom. The standard InChI is InChI=1S/C9H20N6O4/c1-11-7(8(16)14(2)19-3)5-4-6-12-9(10)13-15(17)18/h7,11H,4-6H2,1-3H3,(H3,10,12,13)/t7-/m0/s1. The van der Waals surface area contributed by atoms with Crippen LogP contribution in [0, 0.1) is 10.1 Å². The molecule has 1 amide bonds. The van der Waals surface area contributed by atoms with Crippen molar-refractivity contribution in [2.45, 2.75) is 18.9 Å². The smallest absolute Gasteiger partial charge is 0.266 e. The van der Waals surface area contributed by atoms with Crippen molar-refractivity contribution in [3.8, 4) is 0 Å². The Morgan fingerprint density at radius 2 is 2.26 bits per heavy atom. The van der Waals surface area contributed by atoms with Gasteiger partial charge in [-0.1, -0.05) is 0 Å². The summed E-state index contributed by atoms with van der Waals surface area (Å²) < 4.78 is 0. The normalized spacial score (nSPS) is 12.9. The summed E-state index contributed by atoms with van der Waals surface area (Å²) >= 11 is 0. The number of hydroxylamine groups is 2. The molecule has 10 heteroatoms. The Hall–Kier alpha value is -1.94. The molecule has 0 fully saturated rings. The molecular weight excluding hydrogens is 256 g/mol. The number of nitrogens with zero attached hydrogens (tertiary/aromatic N) is 3. The second-order valence-electron chi connectivity index (χ2n) is 3.65. The van der Waals surface area contributed by atoms with Crippen molar-refractivity contribution in [2.75, 3.05) is 27.7 Å². The molecule has 19 heavy (non-hydrogen) atoms. The Bertz CT molecular complexity index is 335. The van der Waals surface area contributed by atoms with E-state index in [2.05, 4.69) is 15.7 Å². The minimum atomic E-state index is -0.879. The maximum absolute atomic E-state index is 11.8. The molecule has 0 aliphatic heterocycles. The van der Waals surface area contributed by atoms with E-state index in [9.17, 15) is 14.9 Å². The van der Waals surface area contributed by atoms with E-state index in [0.717, 1.165) is 5.06 Å². The van der Waals surface area contributed by atoms with Gasteiger partial charge in [0.1, 0.15) is 5.10 Å². The lowest BCUT2D eigenvalue weighted by Gasteiger charge is -2.21. The summed E-state index contributed by atoms with van der Waals surface area (Å²) in [7, 11) is 4.59. The fourth-order valence-electron chi connectivity index (χ4n) is 1.35. The topological polar surface area (TPSA) is 135 Å². The fourth-order valence-corrected chi connectivity index (χ4v) is 1.35. The lowest BCUT2D eigenvalue weighted by molar-refractivity contribution is -0.485. The van der Waals surface area contributed by atoms with Crippen LogP contribution in [0.4, 0.5) is 0 Å². The average molecular weight is 276 g/mol. The lowest BCUT2D eigenvalue weighted by Crippen LogP contribution is -2.43. The van der Waals surface area contributed by atoms with Gasteiger partial charge in [-0.05, 0) is 19.9 Å². The third kappa shape index (κ3) is 7.16. The molecule has 0 aliphatic carbocycles. The van der Waals surface area contributed by atoms with E-state index in [1.807, 2.05) is 0 Å². The summed E-state index contributed by atoms with van der Waals surface area (Å²) in [5.41, 5.74) is 5.24. The van der Waals surface area contributed by atoms with Gasteiger partial charge in [-0.15, -0.1) is 0 Å². The number of rotatable bonds is 8. The Kier molecular flexibility index (Phi) is 8.13. The molecule has 0 saturated carbocycles. The van der Waals surface area contributed by atoms with Gasteiger partial charge in [0.15, 0.2) is 5.03 Å². The largest absolute Gasteiger partial charge is 0.365 e. The van der Waals surface area contributed by atoms with Crippen molar-refractivity contribution in [3.63, 3.8) is 0 Å². The number of hydrazone groups is 1. The molecule has 0 radical (unpaired) electrons. The first-order valence-electron chi connectivity index (χ1n) is 5.63. The van der Waals surface area contributed by atoms with Crippen LogP contribution in [0.15, 0.2) is 5.10 Å². The van der Waals surface area contributed by atoms with Crippen molar-refractivity contribution >= 4 is 11.9 Å². The number of nitrogens with one attached hydrogen (secondary N) is 2. The molecule has 4 N–H and O–H groups in total. The van der Waals surface area contributed by atoms with Crippen LogP contribution in [-0.2, 0) is 9.63 Å². The number of hydrogen-bond donors (Lipinski definition) is 3. The number of nitrogens with two attached hydrogens (primary N) is 1. The fraction of sp³-hybridized carbons (Fsp3) is 0.778. The summed E-state index contributed by atoms with van der Waals surface area (Å²) in [5.74, 6) is -0.455. The van der Waals surface area contributed by atoms with Gasteiger partial charge in [0.05, 0.1) is 13.2 Å². The summed E-state index contributed by atoms with van der Waals surface area (Å²) in [6.45, 7) is 0.380. The van der Waals surface area contributed by atoms with Crippen LogP contribution >= 0.6 is 0 Å². The number of likely N-dealkylation sites (N-methyl/N-ethyl adjacent to an activating group) is 2. The van der Waals surface area contributed by atoms with Crippen LogP contribution in [0.25, 0.3) is 0 Å².